The summed E-state index contributed by atoms with van der Waals surface area (Å²) in [7, 11) is 0. The van der Waals surface area contributed by atoms with Crippen molar-refractivity contribution in [2.24, 2.45) is 0 Å². The molecule has 2 rings (SSSR count). The lowest BCUT2D eigenvalue weighted by Crippen LogP contribution is -2.16. The number of amides is 1. The van der Waals surface area contributed by atoms with Crippen molar-refractivity contribution in [1.82, 2.24) is 0 Å². The molecule has 0 aliphatic heterocycles. The van der Waals surface area contributed by atoms with Gasteiger partial charge in [0.15, 0.2) is 0 Å². The summed E-state index contributed by atoms with van der Waals surface area (Å²) in [4.78, 5) is 11.6. The third-order valence-corrected chi connectivity index (χ3v) is 2.37. The van der Waals surface area contributed by atoms with Crippen molar-refractivity contribution in [3.63, 3.8) is 0 Å². The van der Waals surface area contributed by atoms with Crippen LogP contribution in [0.2, 0.25) is 0 Å². The van der Waals surface area contributed by atoms with Gasteiger partial charge in [-0.2, -0.15) is 0 Å². The number of rotatable bonds is 4. The molecular formula is C15H15NO3. The van der Waals surface area contributed by atoms with E-state index in [9.17, 15) is 4.79 Å². The van der Waals surface area contributed by atoms with Crippen molar-refractivity contribution in [3.05, 3.63) is 54.6 Å². The molecule has 19 heavy (non-hydrogen) atoms. The van der Waals surface area contributed by atoms with Crippen LogP contribution in [0.5, 0.6) is 11.5 Å². The van der Waals surface area contributed by atoms with Gasteiger partial charge in [0.1, 0.15) is 11.5 Å². The smallest absolute Gasteiger partial charge is 0.417 e. The molecule has 1 amide bonds. The van der Waals surface area contributed by atoms with Crippen LogP contribution in [-0.4, -0.2) is 12.7 Å². The largest absolute Gasteiger partial charge is 0.494 e. The number of nitrogens with one attached hydrogen (secondary N) is 1. The van der Waals surface area contributed by atoms with Gasteiger partial charge < -0.3 is 9.47 Å². The Morgan fingerprint density at radius 2 is 1.68 bits per heavy atom. The van der Waals surface area contributed by atoms with E-state index in [0.717, 1.165) is 5.75 Å². The average Bonchev–Trinajstić information content (AvgIpc) is 2.42. The Morgan fingerprint density at radius 3 is 2.32 bits per heavy atom. The van der Waals surface area contributed by atoms with Crippen LogP contribution >= 0.6 is 0 Å². The Labute approximate surface area is 112 Å². The second-order valence-electron chi connectivity index (χ2n) is 3.78. The highest BCUT2D eigenvalue weighted by Gasteiger charge is 2.04. The van der Waals surface area contributed by atoms with Crippen molar-refractivity contribution in [2.45, 2.75) is 6.92 Å². The molecule has 0 spiro atoms. The van der Waals surface area contributed by atoms with Gasteiger partial charge in [0, 0.05) is 5.69 Å². The fourth-order valence-corrected chi connectivity index (χ4v) is 1.54. The number of para-hydroxylation sites is 1. The Hall–Kier alpha value is -2.49. The third-order valence-electron chi connectivity index (χ3n) is 2.37. The molecule has 0 bridgehead atoms. The lowest BCUT2D eigenvalue weighted by Gasteiger charge is -2.07. The number of hydrogen-bond donors (Lipinski definition) is 1. The predicted molar refractivity (Wildman–Crippen MR) is 73.7 cm³/mol. The zero-order valence-corrected chi connectivity index (χ0v) is 10.6. The van der Waals surface area contributed by atoms with E-state index in [-0.39, 0.29) is 0 Å². The highest BCUT2D eigenvalue weighted by molar-refractivity contribution is 5.86. The number of ether oxygens (including phenoxy) is 2. The first-order chi connectivity index (χ1) is 9.28. The molecule has 0 radical (unpaired) electrons. The molecule has 0 aromatic heterocycles. The highest BCUT2D eigenvalue weighted by atomic mass is 16.6. The molecule has 0 atom stereocenters. The topological polar surface area (TPSA) is 47.6 Å². The first-order valence-electron chi connectivity index (χ1n) is 6.04. The predicted octanol–water partition coefficient (Wildman–Crippen LogP) is 3.70. The molecule has 0 saturated carbocycles. The van der Waals surface area contributed by atoms with Crippen molar-refractivity contribution in [2.75, 3.05) is 11.9 Å². The molecule has 2 aromatic carbocycles. The molecule has 0 aliphatic rings. The van der Waals surface area contributed by atoms with Crippen LogP contribution in [0.15, 0.2) is 54.6 Å². The van der Waals surface area contributed by atoms with E-state index < -0.39 is 6.09 Å². The summed E-state index contributed by atoms with van der Waals surface area (Å²) in [6.07, 6.45) is -0.518. The highest BCUT2D eigenvalue weighted by Crippen LogP contribution is 2.16. The number of benzene rings is 2. The van der Waals surface area contributed by atoms with Crippen molar-refractivity contribution < 1.29 is 14.3 Å². The van der Waals surface area contributed by atoms with Gasteiger partial charge in [-0.3, -0.25) is 5.32 Å². The molecule has 98 valence electrons. The van der Waals surface area contributed by atoms with E-state index in [0.29, 0.717) is 18.0 Å². The molecule has 4 heteroatoms. The maximum Gasteiger partial charge on any atom is 0.417 e. The molecule has 0 fully saturated rings. The van der Waals surface area contributed by atoms with E-state index in [4.69, 9.17) is 9.47 Å². The van der Waals surface area contributed by atoms with Crippen LogP contribution in [0, 0.1) is 0 Å². The molecular weight excluding hydrogens is 242 g/mol. The standard InChI is InChI=1S/C15H15NO3/c1-2-18-13-10-8-12(9-11-13)16-15(17)19-14-6-4-3-5-7-14/h3-11H,2H2,1H3,(H,16,17). The SMILES string of the molecule is CCOc1ccc(NC(=O)Oc2ccccc2)cc1. The minimum Gasteiger partial charge on any atom is -0.494 e. The van der Waals surface area contributed by atoms with Crippen molar-refractivity contribution >= 4 is 11.8 Å². The summed E-state index contributed by atoms with van der Waals surface area (Å²) < 4.78 is 10.4. The number of carbonyl (C=O) groups is 1. The second-order valence-corrected chi connectivity index (χ2v) is 3.78. The zero-order valence-electron chi connectivity index (χ0n) is 10.6. The van der Waals surface area contributed by atoms with E-state index >= 15 is 0 Å². The lowest BCUT2D eigenvalue weighted by atomic mass is 10.3. The number of hydrogen-bond acceptors (Lipinski definition) is 3. The summed E-state index contributed by atoms with van der Waals surface area (Å²) >= 11 is 0. The van der Waals surface area contributed by atoms with E-state index in [1.807, 2.05) is 13.0 Å². The van der Waals surface area contributed by atoms with Crippen LogP contribution in [0.1, 0.15) is 6.92 Å². The first-order valence-corrected chi connectivity index (χ1v) is 6.04. The minimum absolute atomic E-state index is 0.505. The normalized spacial score (nSPS) is 9.74. The number of anilines is 1. The van der Waals surface area contributed by atoms with Crippen LogP contribution < -0.4 is 14.8 Å². The van der Waals surface area contributed by atoms with Gasteiger partial charge in [-0.1, -0.05) is 18.2 Å². The zero-order chi connectivity index (χ0) is 13.5. The molecule has 0 heterocycles. The summed E-state index contributed by atoms with van der Waals surface area (Å²) in [5.74, 6) is 1.27. The van der Waals surface area contributed by atoms with Crippen LogP contribution in [0.3, 0.4) is 0 Å². The van der Waals surface area contributed by atoms with E-state index in [1.165, 1.54) is 0 Å². The van der Waals surface area contributed by atoms with Gasteiger partial charge in [-0.05, 0) is 43.3 Å². The number of carbonyl (C=O) groups excluding carboxylic acids is 1. The van der Waals surface area contributed by atoms with Crippen LogP contribution in [0.25, 0.3) is 0 Å². The van der Waals surface area contributed by atoms with E-state index in [1.54, 1.807) is 48.5 Å². The quantitative estimate of drug-likeness (QED) is 0.908. The van der Waals surface area contributed by atoms with Crippen molar-refractivity contribution in [1.29, 1.82) is 0 Å². The lowest BCUT2D eigenvalue weighted by molar-refractivity contribution is 0.215. The Kier molecular flexibility index (Phi) is 4.39. The molecule has 0 unspecified atom stereocenters. The van der Waals surface area contributed by atoms with Gasteiger partial charge in [0.25, 0.3) is 0 Å². The molecule has 1 N–H and O–H groups in total. The fraction of sp³-hybridized carbons (Fsp3) is 0.133. The van der Waals surface area contributed by atoms with Crippen LogP contribution in [0.4, 0.5) is 10.5 Å². The molecule has 4 nitrogen and oxygen atoms in total. The molecule has 2 aromatic rings. The van der Waals surface area contributed by atoms with Gasteiger partial charge in [0.2, 0.25) is 0 Å². The average molecular weight is 257 g/mol. The Bertz CT molecular complexity index is 523. The van der Waals surface area contributed by atoms with Gasteiger partial charge >= 0.3 is 6.09 Å². The fourth-order valence-electron chi connectivity index (χ4n) is 1.54. The van der Waals surface area contributed by atoms with Crippen LogP contribution in [-0.2, 0) is 0 Å². The van der Waals surface area contributed by atoms with Crippen molar-refractivity contribution in [3.8, 4) is 11.5 Å². The summed E-state index contributed by atoms with van der Waals surface area (Å²) in [5.41, 5.74) is 0.657. The maximum absolute atomic E-state index is 11.6. The minimum atomic E-state index is -0.518. The molecule has 0 aliphatic carbocycles. The van der Waals surface area contributed by atoms with E-state index in [2.05, 4.69) is 5.32 Å². The van der Waals surface area contributed by atoms with Gasteiger partial charge in [-0.15, -0.1) is 0 Å². The monoisotopic (exact) mass is 257 g/mol. The maximum atomic E-state index is 11.6. The molecule has 0 saturated heterocycles. The third kappa shape index (κ3) is 4.03. The van der Waals surface area contributed by atoms with Gasteiger partial charge in [0.05, 0.1) is 6.61 Å². The first kappa shape index (κ1) is 13.0. The Morgan fingerprint density at radius 1 is 1.00 bits per heavy atom. The summed E-state index contributed by atoms with van der Waals surface area (Å²) in [6, 6.07) is 16.0. The summed E-state index contributed by atoms with van der Waals surface area (Å²) in [6.45, 7) is 2.53. The Balaban J connectivity index is 1.91. The second kappa shape index (κ2) is 6.44. The summed E-state index contributed by atoms with van der Waals surface area (Å²) in [5, 5.41) is 2.64. The van der Waals surface area contributed by atoms with Gasteiger partial charge in [-0.25, -0.2) is 4.79 Å².